The molecule has 426 valence electrons. The Kier molecular flexibility index (Phi) is 18.3. The molecule has 0 radical (unpaired) electrons. The van der Waals surface area contributed by atoms with E-state index in [1.54, 1.807) is 0 Å². The van der Waals surface area contributed by atoms with Crippen LogP contribution in [0.3, 0.4) is 0 Å². The monoisotopic (exact) mass is 1250 g/mol. The third kappa shape index (κ3) is 18.5. The second-order valence-corrected chi connectivity index (χ2v) is 22.6. The molecule has 10 unspecified atom stereocenters. The largest absolute Gasteiger partial charge is 0.493 e. The van der Waals surface area contributed by atoms with Crippen LogP contribution in [0.1, 0.15) is 6.92 Å². The second-order valence-electron chi connectivity index (χ2n) is 14.3. The van der Waals surface area contributed by atoms with E-state index in [0.29, 0.717) is 18.2 Å². The molecule has 8 N–H and O–H groups in total. The molecule has 2 aromatic carbocycles. The van der Waals surface area contributed by atoms with Crippen molar-refractivity contribution < 1.29 is 165 Å². The zero-order valence-electron chi connectivity index (χ0n) is 35.9. The average molecular weight is 1250 g/mol. The molecule has 47 heteroatoms. The molecular formula is C28H32O39S8. The molecule has 0 amide bonds. The summed E-state index contributed by atoms with van der Waals surface area (Å²) in [6.45, 7) is -1.01. The molecule has 39 nitrogen and oxygen atoms in total. The Morgan fingerprint density at radius 3 is 1.44 bits per heavy atom. The van der Waals surface area contributed by atoms with Gasteiger partial charge in [0.25, 0.3) is 0 Å². The molecular weight excluding hydrogens is 1220 g/mol. The van der Waals surface area contributed by atoms with E-state index in [9.17, 15) is 109 Å². The number of methoxy groups -OCH3 is 1. The minimum absolute atomic E-state index is 0.315. The number of hydrogen-bond donors (Lipinski definition) is 8. The first-order chi connectivity index (χ1) is 33.9. The van der Waals surface area contributed by atoms with E-state index in [4.69, 9.17) is 28.1 Å². The molecule has 1 aromatic heterocycles. The van der Waals surface area contributed by atoms with Gasteiger partial charge in [0.1, 0.15) is 53.0 Å². The first-order valence-corrected chi connectivity index (χ1v) is 29.5. The zero-order valence-corrected chi connectivity index (χ0v) is 42.5. The molecule has 2 aliphatic rings. The molecule has 10 atom stereocenters. The number of fused-ring (bicyclic) bond motifs is 1. The van der Waals surface area contributed by atoms with E-state index in [-0.39, 0.29) is 11.3 Å². The van der Waals surface area contributed by atoms with Crippen molar-refractivity contribution in [1.82, 2.24) is 0 Å². The fraction of sp³-hybridized carbons (Fsp3) is 0.464. The van der Waals surface area contributed by atoms with Crippen LogP contribution < -0.4 is 23.3 Å². The highest BCUT2D eigenvalue weighted by Gasteiger charge is 2.57. The highest BCUT2D eigenvalue weighted by atomic mass is 32.3. The van der Waals surface area contributed by atoms with Gasteiger partial charge in [-0.2, -0.15) is 67.3 Å². The molecule has 3 heterocycles. The second kappa shape index (κ2) is 22.3. The third-order valence-corrected chi connectivity index (χ3v) is 12.6. The molecule has 2 saturated heterocycles. The minimum atomic E-state index is -6.16. The molecule has 2 fully saturated rings. The van der Waals surface area contributed by atoms with Crippen molar-refractivity contribution in [2.75, 3.05) is 13.7 Å². The molecule has 3 aromatic rings. The Morgan fingerprint density at radius 1 is 0.493 bits per heavy atom. The van der Waals surface area contributed by atoms with E-state index < -0.39 is 191 Å². The lowest BCUT2D eigenvalue weighted by molar-refractivity contribution is -0.306. The van der Waals surface area contributed by atoms with Crippen LogP contribution in [0.4, 0.5) is 0 Å². The van der Waals surface area contributed by atoms with Gasteiger partial charge in [0, 0.05) is 23.8 Å². The molecule has 5 rings (SSSR count). The average Bonchev–Trinajstić information content (AvgIpc) is 3.18. The standard InChI is InChI=1S/C28H32O39S8/c1-10-21(62-70(36,37)38)23(64-72(42,43)44)25(66-74(48,49)50)27(56-10)55-9-19-22(63-71(39,40)41)24(65-73(45,46)47)26(67-75(51,52)53)28(59-19)57-12-6-17-20(18(7-12)61-69(33,34)35)13(29)8-15(58-17)11-3-4-14(54-2)16(5-11)60-68(30,31)32/h3-8,10,19,21-28H,9H2,1-2H3,(H,30,31,32)(H,33,34,35)(H,36,37,38)(H,39,40,41)(H,42,43,44)(H,45,46,47)(H,48,49,50)(H,51,52,53). The van der Waals surface area contributed by atoms with Gasteiger partial charge in [0.2, 0.25) is 6.29 Å². The summed E-state index contributed by atoms with van der Waals surface area (Å²) in [7, 11) is -46.0. The van der Waals surface area contributed by atoms with Crippen molar-refractivity contribution in [3.63, 3.8) is 0 Å². The van der Waals surface area contributed by atoms with Gasteiger partial charge in [0.15, 0.2) is 41.2 Å². The van der Waals surface area contributed by atoms with Crippen LogP contribution in [0.25, 0.3) is 22.3 Å². The summed E-state index contributed by atoms with van der Waals surface area (Å²) in [5, 5.41) is -0.939. The van der Waals surface area contributed by atoms with Crippen LogP contribution >= 0.6 is 0 Å². The predicted octanol–water partition coefficient (Wildman–Crippen LogP) is -3.18. The van der Waals surface area contributed by atoms with Crippen LogP contribution in [0.5, 0.6) is 23.0 Å². The topological polar surface area (TPSA) is 585 Å². The first-order valence-electron chi connectivity index (χ1n) is 18.5. The smallest absolute Gasteiger partial charge is 0.446 e. The Bertz CT molecular complexity index is 3630. The van der Waals surface area contributed by atoms with Gasteiger partial charge in [-0.05, 0) is 25.1 Å². The maximum absolute atomic E-state index is 13.5. The van der Waals surface area contributed by atoms with Gasteiger partial charge in [0.05, 0.1) is 19.8 Å². The van der Waals surface area contributed by atoms with Crippen molar-refractivity contribution >= 4 is 94.2 Å². The quantitative estimate of drug-likeness (QED) is 0.0434. The molecule has 2 aliphatic heterocycles. The van der Waals surface area contributed by atoms with Gasteiger partial charge < -0.3 is 36.5 Å². The summed E-state index contributed by atoms with van der Waals surface area (Å²) in [6, 6.07) is 4.34. The fourth-order valence-electron chi connectivity index (χ4n) is 6.68. The summed E-state index contributed by atoms with van der Waals surface area (Å²) in [5.74, 6) is -4.11. The van der Waals surface area contributed by atoms with Gasteiger partial charge in [-0.1, -0.05) is 0 Å². The molecule has 0 spiro atoms. The lowest BCUT2D eigenvalue weighted by Crippen LogP contribution is -2.65. The third-order valence-electron chi connectivity index (χ3n) is 9.00. The molecule has 0 bridgehead atoms. The van der Waals surface area contributed by atoms with Crippen molar-refractivity contribution in [2.45, 2.75) is 68.3 Å². The summed E-state index contributed by atoms with van der Waals surface area (Å²) >= 11 is 0. The minimum Gasteiger partial charge on any atom is -0.493 e. The summed E-state index contributed by atoms with van der Waals surface area (Å²) in [6.07, 6.45) is -28.7. The van der Waals surface area contributed by atoms with Gasteiger partial charge >= 0.3 is 83.2 Å². The number of rotatable bonds is 23. The maximum Gasteiger partial charge on any atom is 0.446 e. The van der Waals surface area contributed by atoms with E-state index >= 15 is 0 Å². The lowest BCUT2D eigenvalue weighted by atomic mass is 9.98. The van der Waals surface area contributed by atoms with Crippen LogP contribution in [-0.2, 0) is 123 Å². The van der Waals surface area contributed by atoms with E-state index in [0.717, 1.165) is 32.2 Å². The molecule has 0 aliphatic carbocycles. The normalized spacial score (nSPS) is 25.6. The van der Waals surface area contributed by atoms with Crippen molar-refractivity contribution in [3.8, 4) is 34.3 Å². The number of ether oxygens (including phenoxy) is 5. The summed E-state index contributed by atoms with van der Waals surface area (Å²) < 4.78 is 335. The van der Waals surface area contributed by atoms with Gasteiger partial charge in [-0.3, -0.25) is 41.2 Å². The van der Waals surface area contributed by atoms with E-state index in [1.165, 1.54) is 0 Å². The SMILES string of the molecule is COc1ccc(-c2cc(=O)c3c(OS(=O)(=O)O)cc(OC4OC(COC5OC(C)C(OS(=O)(=O)O)C(OS(=O)(=O)O)C5OS(=O)(=O)O)C(OS(=O)(=O)O)C(OS(=O)(=O)O)C4OS(=O)(=O)O)cc3o2)cc1OS(=O)(=O)O. The lowest BCUT2D eigenvalue weighted by Gasteiger charge is -2.45. The Balaban J connectivity index is 1.71. The van der Waals surface area contributed by atoms with Gasteiger partial charge in [-0.15, -0.1) is 0 Å². The Labute approximate surface area is 420 Å². The van der Waals surface area contributed by atoms with E-state index in [2.05, 4.69) is 33.5 Å². The van der Waals surface area contributed by atoms with Crippen molar-refractivity contribution in [2.24, 2.45) is 0 Å². The maximum atomic E-state index is 13.5. The van der Waals surface area contributed by atoms with Crippen molar-refractivity contribution in [3.05, 3.63) is 46.6 Å². The summed E-state index contributed by atoms with van der Waals surface area (Å²) in [5.41, 5.74) is -2.52. The predicted molar refractivity (Wildman–Crippen MR) is 227 cm³/mol. The zero-order chi connectivity index (χ0) is 56.8. The summed E-state index contributed by atoms with van der Waals surface area (Å²) in [4.78, 5) is 13.5. The van der Waals surface area contributed by atoms with Crippen LogP contribution in [0, 0.1) is 0 Å². The van der Waals surface area contributed by atoms with Crippen molar-refractivity contribution in [1.29, 1.82) is 0 Å². The molecule has 0 saturated carbocycles. The first kappa shape index (κ1) is 61.6. The van der Waals surface area contributed by atoms with Crippen LogP contribution in [0.2, 0.25) is 0 Å². The van der Waals surface area contributed by atoms with E-state index in [1.807, 2.05) is 0 Å². The van der Waals surface area contributed by atoms with Gasteiger partial charge in [-0.25, -0.2) is 25.1 Å². The highest BCUT2D eigenvalue weighted by molar-refractivity contribution is 7.82. The number of benzene rings is 2. The Morgan fingerprint density at radius 2 is 0.947 bits per heavy atom. The highest BCUT2D eigenvalue weighted by Crippen LogP contribution is 2.39. The number of hydrogen-bond acceptors (Lipinski definition) is 31. The fourth-order valence-corrected chi connectivity index (χ4v) is 10.4. The molecule has 75 heavy (non-hydrogen) atoms. The van der Waals surface area contributed by atoms with Crippen LogP contribution in [-0.4, -0.2) is 179 Å². The van der Waals surface area contributed by atoms with Crippen LogP contribution in [0.15, 0.2) is 45.6 Å². The Hall–Kier alpha value is -4.23.